The summed E-state index contributed by atoms with van der Waals surface area (Å²) >= 11 is 0. The van der Waals surface area contributed by atoms with E-state index in [1.807, 2.05) is 12.1 Å². The topological polar surface area (TPSA) is 35.5 Å². The van der Waals surface area contributed by atoms with Gasteiger partial charge in [0.05, 0.1) is 12.2 Å². The normalized spacial score (nSPS) is 10.9. The van der Waals surface area contributed by atoms with Crippen LogP contribution in [0.4, 0.5) is 0 Å². The van der Waals surface area contributed by atoms with Crippen molar-refractivity contribution >= 4 is 5.97 Å². The molecule has 0 aliphatic heterocycles. The molecule has 1 aromatic carbocycles. The van der Waals surface area contributed by atoms with Gasteiger partial charge in [0, 0.05) is 0 Å². The molecule has 0 bridgehead atoms. The molecule has 0 aliphatic rings. The van der Waals surface area contributed by atoms with Crippen molar-refractivity contribution in [2.75, 3.05) is 6.61 Å². The third-order valence-corrected chi connectivity index (χ3v) is 3.78. The molecule has 1 rings (SSSR count). The highest BCUT2D eigenvalue weighted by atomic mass is 17.2. The van der Waals surface area contributed by atoms with Crippen LogP contribution in [0.3, 0.4) is 0 Å². The fourth-order valence-electron chi connectivity index (χ4n) is 2.27. The molecule has 0 spiro atoms. The molecule has 0 unspecified atom stereocenters. The van der Waals surface area contributed by atoms with E-state index in [-0.39, 0.29) is 0 Å². The number of hydrogen-bond acceptors (Lipinski definition) is 3. The molecule has 0 radical (unpaired) electrons. The number of benzene rings is 1. The van der Waals surface area contributed by atoms with Gasteiger partial charge in [0.1, 0.15) is 0 Å². The van der Waals surface area contributed by atoms with Gasteiger partial charge in [0.2, 0.25) is 0 Å². The van der Waals surface area contributed by atoms with Crippen LogP contribution in [-0.2, 0) is 9.78 Å². The number of carbonyl (C=O) groups is 1. The Kier molecular flexibility index (Phi) is 9.56. The van der Waals surface area contributed by atoms with Gasteiger partial charge in [-0.1, -0.05) is 71.4 Å². The Morgan fingerprint density at radius 2 is 1.55 bits per heavy atom. The van der Waals surface area contributed by atoms with Crippen molar-refractivity contribution < 1.29 is 14.6 Å². The van der Waals surface area contributed by atoms with Crippen LogP contribution in [0.15, 0.2) is 24.3 Å². The van der Waals surface area contributed by atoms with Gasteiger partial charge in [-0.2, -0.15) is 4.89 Å². The van der Waals surface area contributed by atoms with Crippen molar-refractivity contribution in [1.82, 2.24) is 0 Å². The minimum Gasteiger partial charge on any atom is -0.293 e. The third kappa shape index (κ3) is 7.60. The summed E-state index contributed by atoms with van der Waals surface area (Å²) in [7, 11) is 0. The van der Waals surface area contributed by atoms with Crippen LogP contribution >= 0.6 is 0 Å². The summed E-state index contributed by atoms with van der Waals surface area (Å²) < 4.78 is 0. The van der Waals surface area contributed by atoms with Crippen LogP contribution in [0.5, 0.6) is 0 Å². The summed E-state index contributed by atoms with van der Waals surface area (Å²) in [5.74, 6) is 0.0388. The summed E-state index contributed by atoms with van der Waals surface area (Å²) in [6.07, 6.45) is 8.50. The molecule has 3 heteroatoms. The van der Waals surface area contributed by atoms with Crippen LogP contribution in [0, 0.1) is 0 Å². The third-order valence-electron chi connectivity index (χ3n) is 3.78. The smallest absolute Gasteiger partial charge is 0.293 e. The molecule has 124 valence electrons. The maximum atomic E-state index is 11.8. The average molecular weight is 306 g/mol. The van der Waals surface area contributed by atoms with Crippen molar-refractivity contribution in [3.05, 3.63) is 35.4 Å². The Morgan fingerprint density at radius 1 is 0.955 bits per heavy atom. The second-order valence-corrected chi connectivity index (χ2v) is 6.09. The molecular weight excluding hydrogens is 276 g/mol. The largest absolute Gasteiger partial charge is 0.373 e. The van der Waals surface area contributed by atoms with E-state index in [1.165, 1.54) is 37.7 Å². The minimum atomic E-state index is -0.418. The Labute approximate surface area is 134 Å². The van der Waals surface area contributed by atoms with Gasteiger partial charge >= 0.3 is 5.97 Å². The predicted molar refractivity (Wildman–Crippen MR) is 89.9 cm³/mol. The first-order chi connectivity index (χ1) is 10.6. The first kappa shape index (κ1) is 18.7. The summed E-state index contributed by atoms with van der Waals surface area (Å²) in [5, 5.41) is 0. The zero-order chi connectivity index (χ0) is 16.2. The highest BCUT2D eigenvalue weighted by Crippen LogP contribution is 2.15. The Bertz CT molecular complexity index is 409. The van der Waals surface area contributed by atoms with E-state index in [9.17, 15) is 4.79 Å². The van der Waals surface area contributed by atoms with E-state index in [2.05, 4.69) is 20.8 Å². The molecule has 22 heavy (non-hydrogen) atoms. The van der Waals surface area contributed by atoms with Crippen molar-refractivity contribution in [3.8, 4) is 0 Å². The maximum Gasteiger partial charge on any atom is 0.373 e. The molecule has 1 aromatic rings. The van der Waals surface area contributed by atoms with Gasteiger partial charge < -0.3 is 0 Å². The quantitative estimate of drug-likeness (QED) is 0.301. The first-order valence-corrected chi connectivity index (χ1v) is 8.59. The van der Waals surface area contributed by atoms with Crippen molar-refractivity contribution in [1.29, 1.82) is 0 Å². The van der Waals surface area contributed by atoms with E-state index in [0.29, 0.717) is 18.1 Å². The van der Waals surface area contributed by atoms with E-state index in [1.54, 1.807) is 12.1 Å². The fourth-order valence-corrected chi connectivity index (χ4v) is 2.27. The van der Waals surface area contributed by atoms with Gasteiger partial charge in [-0.15, -0.1) is 0 Å². The lowest BCUT2D eigenvalue weighted by Crippen LogP contribution is -2.07. The molecule has 0 heterocycles. The van der Waals surface area contributed by atoms with E-state index < -0.39 is 5.97 Å². The lowest BCUT2D eigenvalue weighted by molar-refractivity contribution is -0.241. The molecule has 3 nitrogen and oxygen atoms in total. The molecular formula is C19H30O3. The molecule has 0 amide bonds. The Hall–Kier alpha value is -1.35. The van der Waals surface area contributed by atoms with Gasteiger partial charge in [0.25, 0.3) is 0 Å². The fraction of sp³-hybridized carbons (Fsp3) is 0.632. The number of hydrogen-bond donors (Lipinski definition) is 0. The first-order valence-electron chi connectivity index (χ1n) is 8.59. The number of unbranched alkanes of at least 4 members (excludes halogenated alkanes) is 6. The van der Waals surface area contributed by atoms with Crippen molar-refractivity contribution in [3.63, 3.8) is 0 Å². The lowest BCUT2D eigenvalue weighted by Gasteiger charge is -2.07. The Balaban J connectivity index is 2.10. The van der Waals surface area contributed by atoms with Crippen LogP contribution in [-0.4, -0.2) is 12.6 Å². The van der Waals surface area contributed by atoms with Gasteiger partial charge in [-0.05, 0) is 30.0 Å². The standard InChI is InChI=1S/C19H30O3/c1-4-5-6-7-8-9-10-15-21-22-19(20)18-13-11-17(12-14-18)16(2)3/h11-14,16H,4-10,15H2,1-3H3. The zero-order valence-corrected chi connectivity index (χ0v) is 14.3. The average Bonchev–Trinajstić information content (AvgIpc) is 2.53. The lowest BCUT2D eigenvalue weighted by atomic mass is 10.0. The monoisotopic (exact) mass is 306 g/mol. The molecule has 0 fully saturated rings. The molecule has 0 saturated carbocycles. The number of carbonyl (C=O) groups excluding carboxylic acids is 1. The molecule has 0 saturated heterocycles. The van der Waals surface area contributed by atoms with Crippen LogP contribution in [0.2, 0.25) is 0 Å². The van der Waals surface area contributed by atoms with E-state index in [0.717, 1.165) is 12.8 Å². The number of rotatable bonds is 11. The second-order valence-electron chi connectivity index (χ2n) is 6.09. The second kappa shape index (κ2) is 11.2. The summed E-state index contributed by atoms with van der Waals surface area (Å²) in [6, 6.07) is 7.48. The maximum absolute atomic E-state index is 11.8. The molecule has 0 N–H and O–H groups in total. The van der Waals surface area contributed by atoms with Crippen LogP contribution < -0.4 is 0 Å². The SMILES string of the molecule is CCCCCCCCCOOC(=O)c1ccc(C(C)C)cc1. The zero-order valence-electron chi connectivity index (χ0n) is 14.3. The van der Waals surface area contributed by atoms with Crippen molar-refractivity contribution in [2.45, 2.75) is 71.6 Å². The van der Waals surface area contributed by atoms with Crippen LogP contribution in [0.25, 0.3) is 0 Å². The van der Waals surface area contributed by atoms with Gasteiger partial charge in [0.15, 0.2) is 0 Å². The molecule has 0 aliphatic carbocycles. The van der Waals surface area contributed by atoms with Crippen LogP contribution in [0.1, 0.15) is 87.6 Å². The highest BCUT2D eigenvalue weighted by molar-refractivity contribution is 5.88. The summed E-state index contributed by atoms with van der Waals surface area (Å²) in [6.45, 7) is 6.94. The minimum absolute atomic E-state index is 0.418. The van der Waals surface area contributed by atoms with E-state index in [4.69, 9.17) is 9.78 Å². The summed E-state index contributed by atoms with van der Waals surface area (Å²) in [5.41, 5.74) is 1.74. The molecule has 0 aromatic heterocycles. The van der Waals surface area contributed by atoms with Gasteiger partial charge in [-0.3, -0.25) is 4.89 Å². The highest BCUT2D eigenvalue weighted by Gasteiger charge is 2.08. The summed E-state index contributed by atoms with van der Waals surface area (Å²) in [4.78, 5) is 21.6. The van der Waals surface area contributed by atoms with E-state index >= 15 is 0 Å². The molecule has 0 atom stereocenters. The predicted octanol–water partition coefficient (Wildman–Crippen LogP) is 5.65. The van der Waals surface area contributed by atoms with Crippen molar-refractivity contribution in [2.24, 2.45) is 0 Å². The Morgan fingerprint density at radius 3 is 2.14 bits per heavy atom. The van der Waals surface area contributed by atoms with Gasteiger partial charge in [-0.25, -0.2) is 4.79 Å².